The molecule has 0 saturated carbocycles. The van der Waals surface area contributed by atoms with Gasteiger partial charge in [-0.2, -0.15) is 13.2 Å². The van der Waals surface area contributed by atoms with Crippen LogP contribution in [-0.2, 0) is 18.4 Å². The molecule has 1 aliphatic rings. The number of hydrogen-bond acceptors (Lipinski definition) is 5. The zero-order chi connectivity index (χ0) is 19.5. The molecule has 146 valence electrons. The number of halogens is 3. The number of hydrogen-bond donors (Lipinski definition) is 0. The van der Waals surface area contributed by atoms with Gasteiger partial charge in [0.25, 0.3) is 0 Å². The van der Waals surface area contributed by atoms with Crippen LogP contribution in [0.5, 0.6) is 5.75 Å². The molecular formula is C16H21F3NO5P. The minimum absolute atomic E-state index is 0.0418. The molecule has 0 aromatic heterocycles. The lowest BCUT2D eigenvalue weighted by Crippen LogP contribution is -2.48. The molecule has 0 aliphatic carbocycles. The van der Waals surface area contributed by atoms with E-state index in [0.29, 0.717) is 10.6 Å². The number of methoxy groups -OCH3 is 1. The van der Waals surface area contributed by atoms with Crippen LogP contribution in [0.4, 0.5) is 18.9 Å². The quantitative estimate of drug-likeness (QED) is 0.653. The van der Waals surface area contributed by atoms with E-state index >= 15 is 0 Å². The first-order chi connectivity index (χ1) is 12.2. The van der Waals surface area contributed by atoms with E-state index in [9.17, 15) is 22.5 Å². The lowest BCUT2D eigenvalue weighted by molar-refractivity contribution is -0.148. The fourth-order valence-corrected chi connectivity index (χ4v) is 5.21. The summed E-state index contributed by atoms with van der Waals surface area (Å²) in [5.74, 6) is -0.350. The Balaban J connectivity index is 2.48. The molecule has 1 saturated heterocycles. The second-order valence-electron chi connectivity index (χ2n) is 5.60. The maximum atomic E-state index is 13.8. The number of amides is 1. The number of carbonyl (C=O) groups is 1. The lowest BCUT2D eigenvalue weighted by atomic mass is 10.2. The van der Waals surface area contributed by atoms with Crippen molar-refractivity contribution < 1.29 is 36.3 Å². The third-order valence-electron chi connectivity index (χ3n) is 4.01. The Morgan fingerprint density at radius 2 is 1.69 bits per heavy atom. The molecule has 6 nitrogen and oxygen atoms in total. The Kier molecular flexibility index (Phi) is 6.37. The van der Waals surface area contributed by atoms with Gasteiger partial charge in [0.2, 0.25) is 5.91 Å². The van der Waals surface area contributed by atoms with Gasteiger partial charge in [-0.05, 0) is 38.1 Å². The summed E-state index contributed by atoms with van der Waals surface area (Å²) in [5.41, 5.74) is -1.59. The molecule has 0 spiro atoms. The van der Waals surface area contributed by atoms with Crippen LogP contribution in [0, 0.1) is 0 Å². The summed E-state index contributed by atoms with van der Waals surface area (Å²) in [6.45, 7) is 2.84. The largest absolute Gasteiger partial charge is 0.497 e. The van der Waals surface area contributed by atoms with Crippen molar-refractivity contribution in [3.63, 3.8) is 0 Å². The van der Waals surface area contributed by atoms with Gasteiger partial charge in [-0.25, -0.2) is 0 Å². The van der Waals surface area contributed by atoms with Crippen molar-refractivity contribution >= 4 is 19.2 Å². The van der Waals surface area contributed by atoms with Crippen molar-refractivity contribution in [3.05, 3.63) is 24.3 Å². The van der Waals surface area contributed by atoms with Gasteiger partial charge in [0.1, 0.15) is 11.8 Å². The first kappa shape index (κ1) is 20.7. The van der Waals surface area contributed by atoms with Crippen molar-refractivity contribution in [1.82, 2.24) is 0 Å². The molecule has 1 fully saturated rings. The van der Waals surface area contributed by atoms with Crippen LogP contribution in [-0.4, -0.2) is 44.1 Å². The van der Waals surface area contributed by atoms with Crippen LogP contribution in [0.25, 0.3) is 0 Å². The van der Waals surface area contributed by atoms with Crippen LogP contribution in [0.3, 0.4) is 0 Å². The minimum Gasteiger partial charge on any atom is -0.497 e. The molecule has 10 heteroatoms. The smallest absolute Gasteiger partial charge is 0.410 e. The van der Waals surface area contributed by atoms with E-state index in [1.165, 1.54) is 45.2 Å². The standard InChI is InChI=1S/C16H21F3NO5P/c1-4-24-26(22,25-5-2)13-10-14(21)20(15(13)16(17,18)19)11-6-8-12(23-3)9-7-11/h6-9,13,15H,4-5,10H2,1-3H3/t13-,15-/m0/s1. The van der Waals surface area contributed by atoms with Gasteiger partial charge in [0.05, 0.1) is 26.0 Å². The average molecular weight is 395 g/mol. The fourth-order valence-electron chi connectivity index (χ4n) is 3.00. The van der Waals surface area contributed by atoms with Crippen molar-refractivity contribution in [1.29, 1.82) is 0 Å². The normalized spacial score (nSPS) is 21.3. The van der Waals surface area contributed by atoms with Crippen LogP contribution >= 0.6 is 7.60 Å². The molecule has 1 heterocycles. The van der Waals surface area contributed by atoms with E-state index in [-0.39, 0.29) is 18.9 Å². The molecule has 26 heavy (non-hydrogen) atoms. The van der Waals surface area contributed by atoms with E-state index in [2.05, 4.69) is 0 Å². The highest BCUT2D eigenvalue weighted by Crippen LogP contribution is 2.60. The summed E-state index contributed by atoms with van der Waals surface area (Å²) in [7, 11) is -2.72. The van der Waals surface area contributed by atoms with Crippen molar-refractivity contribution in [2.24, 2.45) is 0 Å². The number of nitrogens with zero attached hydrogens (tertiary/aromatic N) is 1. The highest BCUT2D eigenvalue weighted by Gasteiger charge is 2.62. The van der Waals surface area contributed by atoms with Crippen LogP contribution < -0.4 is 9.64 Å². The average Bonchev–Trinajstić information content (AvgIpc) is 2.94. The molecule has 1 amide bonds. The highest BCUT2D eigenvalue weighted by atomic mass is 31.2. The Bertz CT molecular complexity index is 669. The third kappa shape index (κ3) is 4.05. The number of carbonyl (C=O) groups excluding carboxylic acids is 1. The Morgan fingerprint density at radius 3 is 2.12 bits per heavy atom. The van der Waals surface area contributed by atoms with E-state index in [1.54, 1.807) is 0 Å². The number of benzene rings is 1. The fraction of sp³-hybridized carbons (Fsp3) is 0.562. The van der Waals surface area contributed by atoms with Gasteiger partial charge in [-0.15, -0.1) is 0 Å². The summed E-state index contributed by atoms with van der Waals surface area (Å²) < 4.78 is 69.6. The Hall–Kier alpha value is -1.57. The van der Waals surface area contributed by atoms with E-state index < -0.39 is 37.8 Å². The molecular weight excluding hydrogens is 374 g/mol. The lowest BCUT2D eigenvalue weighted by Gasteiger charge is -2.32. The van der Waals surface area contributed by atoms with Gasteiger partial charge in [-0.3, -0.25) is 14.3 Å². The molecule has 2 atom stereocenters. The molecule has 1 aliphatic heterocycles. The summed E-state index contributed by atoms with van der Waals surface area (Å²) in [4.78, 5) is 13.0. The maximum absolute atomic E-state index is 13.8. The predicted molar refractivity (Wildman–Crippen MR) is 89.6 cm³/mol. The summed E-state index contributed by atoms with van der Waals surface area (Å²) in [6, 6.07) is 3.31. The number of alkyl halides is 3. The van der Waals surface area contributed by atoms with Gasteiger partial charge in [-0.1, -0.05) is 0 Å². The molecule has 0 N–H and O–H groups in total. The molecule has 0 bridgehead atoms. The van der Waals surface area contributed by atoms with Crippen molar-refractivity contribution in [2.45, 2.75) is 38.1 Å². The van der Waals surface area contributed by atoms with Gasteiger partial charge >= 0.3 is 13.8 Å². The monoisotopic (exact) mass is 395 g/mol. The second-order valence-corrected chi connectivity index (χ2v) is 7.85. The molecule has 1 aromatic carbocycles. The molecule has 2 rings (SSSR count). The highest BCUT2D eigenvalue weighted by molar-refractivity contribution is 7.54. The first-order valence-electron chi connectivity index (χ1n) is 8.09. The summed E-state index contributed by atoms with van der Waals surface area (Å²) in [5, 5.41) is 0. The zero-order valence-corrected chi connectivity index (χ0v) is 15.5. The SMILES string of the molecule is CCOP(=O)(OCC)[C@H]1CC(=O)N(c2ccc(OC)cc2)[C@@H]1C(F)(F)F. The van der Waals surface area contributed by atoms with Crippen LogP contribution in [0.2, 0.25) is 0 Å². The second kappa shape index (κ2) is 7.98. The zero-order valence-electron chi connectivity index (χ0n) is 14.7. The first-order valence-corrected chi connectivity index (χ1v) is 9.70. The van der Waals surface area contributed by atoms with E-state index in [1.807, 2.05) is 0 Å². The minimum atomic E-state index is -4.80. The Morgan fingerprint density at radius 1 is 1.15 bits per heavy atom. The molecule has 1 aromatic rings. The molecule has 0 unspecified atom stereocenters. The third-order valence-corrected chi connectivity index (χ3v) is 6.52. The van der Waals surface area contributed by atoms with Crippen molar-refractivity contribution in [3.8, 4) is 5.75 Å². The molecule has 0 radical (unpaired) electrons. The van der Waals surface area contributed by atoms with Crippen LogP contribution in [0.15, 0.2) is 24.3 Å². The van der Waals surface area contributed by atoms with E-state index in [0.717, 1.165) is 0 Å². The van der Waals surface area contributed by atoms with Crippen molar-refractivity contribution in [2.75, 3.05) is 25.2 Å². The number of ether oxygens (including phenoxy) is 1. The summed E-state index contributed by atoms with van der Waals surface area (Å²) >= 11 is 0. The van der Waals surface area contributed by atoms with Gasteiger partial charge < -0.3 is 13.8 Å². The topological polar surface area (TPSA) is 65.1 Å². The maximum Gasteiger partial charge on any atom is 0.410 e. The van der Waals surface area contributed by atoms with Gasteiger partial charge in [0.15, 0.2) is 0 Å². The van der Waals surface area contributed by atoms with E-state index in [4.69, 9.17) is 13.8 Å². The van der Waals surface area contributed by atoms with Gasteiger partial charge in [0, 0.05) is 12.1 Å². The number of anilines is 1. The number of rotatable bonds is 7. The Labute approximate surface area is 149 Å². The predicted octanol–water partition coefficient (Wildman–Crippen LogP) is 4.00. The van der Waals surface area contributed by atoms with Crippen LogP contribution in [0.1, 0.15) is 20.3 Å². The summed E-state index contributed by atoms with van der Waals surface area (Å²) in [6.07, 6.45) is -5.38.